The second-order valence-electron chi connectivity index (χ2n) is 3.60. The van der Waals surface area contributed by atoms with Crippen LogP contribution in [0.2, 0.25) is 0 Å². The lowest BCUT2D eigenvalue weighted by Crippen LogP contribution is -2.45. The van der Waals surface area contributed by atoms with Gasteiger partial charge in [0.25, 0.3) is 0 Å². The van der Waals surface area contributed by atoms with E-state index in [-0.39, 0.29) is 11.9 Å². The van der Waals surface area contributed by atoms with Crippen molar-refractivity contribution in [2.24, 2.45) is 5.73 Å². The van der Waals surface area contributed by atoms with Crippen LogP contribution in [0.15, 0.2) is 0 Å². The van der Waals surface area contributed by atoms with Crippen LogP contribution >= 0.6 is 11.8 Å². The zero-order chi connectivity index (χ0) is 9.84. The van der Waals surface area contributed by atoms with Crippen molar-refractivity contribution >= 4 is 17.7 Å². The molecular weight excluding hydrogens is 184 g/mol. The normalized spacial score (nSPS) is 30.1. The second-order valence-corrected chi connectivity index (χ2v) is 5.07. The molecule has 76 valence electrons. The molecule has 1 rings (SSSR count). The van der Waals surface area contributed by atoms with E-state index >= 15 is 0 Å². The monoisotopic (exact) mass is 202 g/mol. The summed E-state index contributed by atoms with van der Waals surface area (Å²) in [4.78, 5) is 11.4. The van der Waals surface area contributed by atoms with Crippen LogP contribution in [-0.4, -0.2) is 29.0 Å². The van der Waals surface area contributed by atoms with Crippen LogP contribution in [0.4, 0.5) is 0 Å². The van der Waals surface area contributed by atoms with Crippen LogP contribution in [0, 0.1) is 0 Å². The molecule has 0 aromatic heterocycles. The molecule has 0 saturated carbocycles. The highest BCUT2D eigenvalue weighted by Crippen LogP contribution is 2.25. The number of hydrogen-bond acceptors (Lipinski definition) is 3. The zero-order valence-corrected chi connectivity index (χ0v) is 9.06. The first-order valence-corrected chi connectivity index (χ1v) is 5.86. The van der Waals surface area contributed by atoms with Crippen LogP contribution in [0.25, 0.3) is 0 Å². The molecule has 0 spiro atoms. The van der Waals surface area contributed by atoms with E-state index in [0.717, 1.165) is 12.2 Å². The van der Waals surface area contributed by atoms with Gasteiger partial charge in [-0.05, 0) is 12.8 Å². The Bertz CT molecular complexity index is 186. The minimum absolute atomic E-state index is 0.00204. The molecule has 0 bridgehead atoms. The third kappa shape index (κ3) is 3.19. The highest BCUT2D eigenvalue weighted by molar-refractivity contribution is 8.00. The average molecular weight is 202 g/mol. The maximum absolute atomic E-state index is 11.4. The molecule has 1 heterocycles. The molecule has 0 aromatic carbocycles. The van der Waals surface area contributed by atoms with Gasteiger partial charge in [0.15, 0.2) is 0 Å². The van der Waals surface area contributed by atoms with Crippen molar-refractivity contribution in [3.8, 4) is 0 Å². The Morgan fingerprint density at radius 3 is 2.92 bits per heavy atom. The number of nitrogens with two attached hydrogens (primary N) is 1. The fourth-order valence-corrected chi connectivity index (χ4v) is 2.56. The van der Waals surface area contributed by atoms with Gasteiger partial charge in [0.05, 0.1) is 6.04 Å². The van der Waals surface area contributed by atoms with Crippen molar-refractivity contribution in [1.82, 2.24) is 5.32 Å². The van der Waals surface area contributed by atoms with Crippen molar-refractivity contribution in [2.45, 2.75) is 44.0 Å². The Morgan fingerprint density at radius 2 is 2.46 bits per heavy atom. The lowest BCUT2D eigenvalue weighted by molar-refractivity contribution is -0.122. The molecule has 4 heteroatoms. The van der Waals surface area contributed by atoms with E-state index in [4.69, 9.17) is 5.73 Å². The molecule has 13 heavy (non-hydrogen) atoms. The Labute approximate surface area is 83.8 Å². The first-order valence-electron chi connectivity index (χ1n) is 4.81. The maximum atomic E-state index is 11.4. The van der Waals surface area contributed by atoms with Crippen molar-refractivity contribution in [3.63, 3.8) is 0 Å². The molecule has 1 amide bonds. The van der Waals surface area contributed by atoms with Crippen LogP contribution < -0.4 is 11.1 Å². The van der Waals surface area contributed by atoms with Crippen LogP contribution in [0.5, 0.6) is 0 Å². The third-order valence-corrected chi connectivity index (χ3v) is 3.68. The SMILES string of the molecule is CC[C@@H](N)C(=O)NC1CSC(C)C1. The zero-order valence-electron chi connectivity index (χ0n) is 8.25. The van der Waals surface area contributed by atoms with Crippen molar-refractivity contribution in [2.75, 3.05) is 5.75 Å². The number of hydrogen-bond donors (Lipinski definition) is 2. The molecule has 1 fully saturated rings. The second kappa shape index (κ2) is 4.86. The summed E-state index contributed by atoms with van der Waals surface area (Å²) < 4.78 is 0. The predicted octanol–water partition coefficient (Wildman–Crippen LogP) is 0.734. The van der Waals surface area contributed by atoms with Gasteiger partial charge in [0.2, 0.25) is 5.91 Å². The summed E-state index contributed by atoms with van der Waals surface area (Å²) in [5, 5.41) is 3.64. The predicted molar refractivity (Wildman–Crippen MR) is 56.7 cm³/mol. The number of carbonyl (C=O) groups excluding carboxylic acids is 1. The van der Waals surface area contributed by atoms with E-state index in [9.17, 15) is 4.79 Å². The number of thioether (sulfide) groups is 1. The van der Waals surface area contributed by atoms with E-state index in [1.54, 1.807) is 0 Å². The van der Waals surface area contributed by atoms with Crippen molar-refractivity contribution < 1.29 is 4.79 Å². The Balaban J connectivity index is 2.28. The summed E-state index contributed by atoms with van der Waals surface area (Å²) in [7, 11) is 0. The average Bonchev–Trinajstić information content (AvgIpc) is 2.49. The molecule has 3 atom stereocenters. The molecule has 3 N–H and O–H groups in total. The van der Waals surface area contributed by atoms with E-state index in [1.807, 2.05) is 18.7 Å². The summed E-state index contributed by atoms with van der Waals surface area (Å²) in [6.45, 7) is 4.12. The fourth-order valence-electron chi connectivity index (χ4n) is 1.41. The molecule has 1 aliphatic rings. The quantitative estimate of drug-likeness (QED) is 0.709. The van der Waals surface area contributed by atoms with E-state index in [2.05, 4.69) is 12.2 Å². The molecular formula is C9H18N2OS. The summed E-state index contributed by atoms with van der Waals surface area (Å²) in [6, 6.07) is 0.00556. The third-order valence-electron chi connectivity index (χ3n) is 2.32. The fraction of sp³-hybridized carbons (Fsp3) is 0.889. The van der Waals surface area contributed by atoms with Crippen LogP contribution in [-0.2, 0) is 4.79 Å². The van der Waals surface area contributed by atoms with Gasteiger partial charge in [-0.15, -0.1) is 0 Å². The first kappa shape index (κ1) is 10.9. The molecule has 3 nitrogen and oxygen atoms in total. The first-order chi connectivity index (χ1) is 6.13. The highest BCUT2D eigenvalue weighted by Gasteiger charge is 2.24. The number of nitrogens with one attached hydrogen (secondary N) is 1. The van der Waals surface area contributed by atoms with E-state index in [1.165, 1.54) is 0 Å². The maximum Gasteiger partial charge on any atom is 0.237 e. The lowest BCUT2D eigenvalue weighted by atomic mass is 10.1. The van der Waals surface area contributed by atoms with Crippen molar-refractivity contribution in [1.29, 1.82) is 0 Å². The largest absolute Gasteiger partial charge is 0.351 e. The van der Waals surface area contributed by atoms with E-state index in [0.29, 0.717) is 17.7 Å². The van der Waals surface area contributed by atoms with Gasteiger partial charge in [0, 0.05) is 17.0 Å². The summed E-state index contributed by atoms with van der Waals surface area (Å²) in [5.74, 6) is 1.03. The molecule has 0 radical (unpaired) electrons. The summed E-state index contributed by atoms with van der Waals surface area (Å²) in [5.41, 5.74) is 5.61. The van der Waals surface area contributed by atoms with Crippen LogP contribution in [0.1, 0.15) is 26.7 Å². The van der Waals surface area contributed by atoms with Gasteiger partial charge in [0.1, 0.15) is 0 Å². The number of carbonyl (C=O) groups is 1. The van der Waals surface area contributed by atoms with Crippen LogP contribution in [0.3, 0.4) is 0 Å². The lowest BCUT2D eigenvalue weighted by Gasteiger charge is -2.14. The Hall–Kier alpha value is -0.220. The number of rotatable bonds is 3. The van der Waals surface area contributed by atoms with Gasteiger partial charge in [-0.2, -0.15) is 11.8 Å². The number of amides is 1. The standard InChI is InChI=1S/C9H18N2OS/c1-3-8(10)9(12)11-7-4-6(2)13-5-7/h6-8H,3-5,10H2,1-2H3,(H,11,12)/t6?,7?,8-/m1/s1. The molecule has 0 aliphatic carbocycles. The van der Waals surface area contributed by atoms with Crippen molar-refractivity contribution in [3.05, 3.63) is 0 Å². The molecule has 1 aliphatic heterocycles. The highest BCUT2D eigenvalue weighted by atomic mass is 32.2. The molecule has 2 unspecified atom stereocenters. The summed E-state index contributed by atoms with van der Waals surface area (Å²) >= 11 is 1.91. The van der Waals surface area contributed by atoms with Gasteiger partial charge in [-0.1, -0.05) is 13.8 Å². The van der Waals surface area contributed by atoms with Gasteiger partial charge in [-0.25, -0.2) is 0 Å². The Morgan fingerprint density at radius 1 is 1.77 bits per heavy atom. The summed E-state index contributed by atoms with van der Waals surface area (Å²) in [6.07, 6.45) is 1.79. The van der Waals surface area contributed by atoms with Gasteiger partial charge < -0.3 is 11.1 Å². The minimum Gasteiger partial charge on any atom is -0.351 e. The van der Waals surface area contributed by atoms with E-state index < -0.39 is 0 Å². The molecule has 0 aromatic rings. The Kier molecular flexibility index (Phi) is 4.06. The van der Waals surface area contributed by atoms with Gasteiger partial charge >= 0.3 is 0 Å². The molecule has 1 saturated heterocycles. The smallest absolute Gasteiger partial charge is 0.237 e. The van der Waals surface area contributed by atoms with Gasteiger partial charge in [-0.3, -0.25) is 4.79 Å². The topological polar surface area (TPSA) is 55.1 Å². The minimum atomic E-state index is -0.332.